The number of anilines is 1. The summed E-state index contributed by atoms with van der Waals surface area (Å²) >= 11 is 0. The van der Waals surface area contributed by atoms with Gasteiger partial charge < -0.3 is 10.1 Å². The van der Waals surface area contributed by atoms with Crippen molar-refractivity contribution in [2.75, 3.05) is 5.32 Å². The molecule has 0 radical (unpaired) electrons. The van der Waals surface area contributed by atoms with Crippen LogP contribution in [0, 0.1) is 0 Å². The lowest BCUT2D eigenvalue weighted by atomic mass is 10.2. The average Bonchev–Trinajstić information content (AvgIpc) is 2.92. The lowest BCUT2D eigenvalue weighted by Gasteiger charge is -2.09. The number of hydrogen-bond donors (Lipinski definition) is 1. The highest BCUT2D eigenvalue weighted by Gasteiger charge is 2.10. The Morgan fingerprint density at radius 3 is 2.68 bits per heavy atom. The van der Waals surface area contributed by atoms with E-state index < -0.39 is 6.61 Å². The minimum atomic E-state index is -2.88. The van der Waals surface area contributed by atoms with Gasteiger partial charge in [-0.2, -0.15) is 13.9 Å². The molecular formula is C15H17F2N3O2. The number of nitrogens with zero attached hydrogens (tertiary/aromatic N) is 2. The van der Waals surface area contributed by atoms with Crippen molar-refractivity contribution in [2.45, 2.75) is 32.9 Å². The first-order valence-corrected chi connectivity index (χ1v) is 6.98. The number of rotatable bonds is 7. The fraction of sp³-hybridized carbons (Fsp3) is 0.333. The SMILES string of the molecule is CCCCn1nccc1NC(=O)c1ccc(OC(F)F)cc1. The largest absolute Gasteiger partial charge is 0.435 e. The predicted molar refractivity (Wildman–Crippen MR) is 78.2 cm³/mol. The van der Waals surface area contributed by atoms with E-state index in [1.807, 2.05) is 0 Å². The van der Waals surface area contributed by atoms with Gasteiger partial charge in [-0.3, -0.25) is 4.79 Å². The molecule has 0 bridgehead atoms. The minimum Gasteiger partial charge on any atom is -0.435 e. The van der Waals surface area contributed by atoms with E-state index >= 15 is 0 Å². The minimum absolute atomic E-state index is 0.0135. The third-order valence-electron chi connectivity index (χ3n) is 3.02. The summed E-state index contributed by atoms with van der Waals surface area (Å²) in [6.45, 7) is -0.0852. The van der Waals surface area contributed by atoms with Crippen LogP contribution < -0.4 is 10.1 Å². The zero-order chi connectivity index (χ0) is 15.9. The van der Waals surface area contributed by atoms with Crippen LogP contribution in [0.5, 0.6) is 5.75 Å². The van der Waals surface area contributed by atoms with Crippen LogP contribution in [0.1, 0.15) is 30.1 Å². The number of halogens is 2. The molecule has 0 atom stereocenters. The molecule has 0 fully saturated rings. The molecule has 2 rings (SSSR count). The lowest BCUT2D eigenvalue weighted by Crippen LogP contribution is -2.16. The molecule has 0 saturated carbocycles. The Balaban J connectivity index is 2.01. The second-order valence-electron chi connectivity index (χ2n) is 4.65. The molecule has 1 heterocycles. The number of aryl methyl sites for hydroxylation is 1. The van der Waals surface area contributed by atoms with Crippen molar-refractivity contribution < 1.29 is 18.3 Å². The monoisotopic (exact) mass is 309 g/mol. The van der Waals surface area contributed by atoms with Crippen molar-refractivity contribution in [2.24, 2.45) is 0 Å². The predicted octanol–water partition coefficient (Wildman–Crippen LogP) is 3.54. The first-order chi connectivity index (χ1) is 10.6. The number of alkyl halides is 2. The van der Waals surface area contributed by atoms with Crippen molar-refractivity contribution in [3.63, 3.8) is 0 Å². The number of unbranched alkanes of at least 4 members (excludes halogenated alkanes) is 1. The number of hydrogen-bond acceptors (Lipinski definition) is 3. The van der Waals surface area contributed by atoms with Gasteiger partial charge in [0.25, 0.3) is 5.91 Å². The smallest absolute Gasteiger partial charge is 0.387 e. The van der Waals surface area contributed by atoms with E-state index in [4.69, 9.17) is 0 Å². The van der Waals surface area contributed by atoms with Crippen LogP contribution in [0.2, 0.25) is 0 Å². The van der Waals surface area contributed by atoms with Gasteiger partial charge in [0.1, 0.15) is 11.6 Å². The average molecular weight is 309 g/mol. The zero-order valence-electron chi connectivity index (χ0n) is 12.1. The maximum absolute atomic E-state index is 12.1. The molecule has 0 saturated heterocycles. The fourth-order valence-corrected chi connectivity index (χ4v) is 1.90. The van der Waals surface area contributed by atoms with Gasteiger partial charge in [-0.05, 0) is 30.7 Å². The molecule has 118 valence electrons. The molecule has 2 aromatic rings. The van der Waals surface area contributed by atoms with Crippen LogP contribution >= 0.6 is 0 Å². The van der Waals surface area contributed by atoms with Crippen LogP contribution in [0.15, 0.2) is 36.5 Å². The quantitative estimate of drug-likeness (QED) is 0.851. The van der Waals surface area contributed by atoms with Crippen molar-refractivity contribution in [3.8, 4) is 5.75 Å². The standard InChI is InChI=1S/C15H17F2N3O2/c1-2-3-10-20-13(8-9-18-20)19-14(21)11-4-6-12(7-5-11)22-15(16)17/h4-9,15H,2-3,10H2,1H3,(H,19,21). The number of benzene rings is 1. The van der Waals surface area contributed by atoms with E-state index in [2.05, 4.69) is 22.1 Å². The van der Waals surface area contributed by atoms with Crippen LogP contribution in [-0.2, 0) is 6.54 Å². The maximum Gasteiger partial charge on any atom is 0.387 e. The molecule has 1 aromatic heterocycles. The summed E-state index contributed by atoms with van der Waals surface area (Å²) in [4.78, 5) is 12.1. The number of ether oxygens (including phenoxy) is 1. The van der Waals surface area contributed by atoms with E-state index in [1.165, 1.54) is 24.3 Å². The summed E-state index contributed by atoms with van der Waals surface area (Å²) in [6.07, 6.45) is 3.61. The summed E-state index contributed by atoms with van der Waals surface area (Å²) in [7, 11) is 0. The topological polar surface area (TPSA) is 56.2 Å². The highest BCUT2D eigenvalue weighted by molar-refractivity contribution is 6.03. The van der Waals surface area contributed by atoms with Gasteiger partial charge in [-0.25, -0.2) is 4.68 Å². The van der Waals surface area contributed by atoms with Crippen LogP contribution in [0.25, 0.3) is 0 Å². The Morgan fingerprint density at radius 2 is 2.05 bits per heavy atom. The molecule has 5 nitrogen and oxygen atoms in total. The Morgan fingerprint density at radius 1 is 1.32 bits per heavy atom. The van der Waals surface area contributed by atoms with Gasteiger partial charge in [-0.15, -0.1) is 0 Å². The normalized spacial score (nSPS) is 10.7. The van der Waals surface area contributed by atoms with Crippen molar-refractivity contribution in [3.05, 3.63) is 42.1 Å². The van der Waals surface area contributed by atoms with Crippen molar-refractivity contribution >= 4 is 11.7 Å². The van der Waals surface area contributed by atoms with Gasteiger partial charge in [0.15, 0.2) is 0 Å². The molecule has 0 aliphatic rings. The van der Waals surface area contributed by atoms with Crippen molar-refractivity contribution in [1.82, 2.24) is 9.78 Å². The molecule has 1 amide bonds. The number of carbonyl (C=O) groups excluding carboxylic acids is 1. The highest BCUT2D eigenvalue weighted by atomic mass is 19.3. The van der Waals surface area contributed by atoms with Gasteiger partial charge in [0.05, 0.1) is 6.20 Å². The molecule has 1 aromatic carbocycles. The zero-order valence-corrected chi connectivity index (χ0v) is 12.1. The van der Waals surface area contributed by atoms with Crippen molar-refractivity contribution in [1.29, 1.82) is 0 Å². The Kier molecular flexibility index (Phi) is 5.46. The van der Waals surface area contributed by atoms with Crippen LogP contribution in [0.3, 0.4) is 0 Å². The van der Waals surface area contributed by atoms with Gasteiger partial charge in [0, 0.05) is 18.2 Å². The van der Waals surface area contributed by atoms with E-state index in [0.717, 1.165) is 19.4 Å². The fourth-order valence-electron chi connectivity index (χ4n) is 1.90. The molecule has 22 heavy (non-hydrogen) atoms. The Labute approximate surface area is 126 Å². The van der Waals surface area contributed by atoms with Gasteiger partial charge in [0.2, 0.25) is 0 Å². The molecule has 0 aliphatic heterocycles. The first-order valence-electron chi connectivity index (χ1n) is 6.98. The van der Waals surface area contributed by atoms with E-state index in [0.29, 0.717) is 11.4 Å². The third kappa shape index (κ3) is 4.28. The van der Waals surface area contributed by atoms with Crippen LogP contribution in [-0.4, -0.2) is 22.3 Å². The molecule has 0 unspecified atom stereocenters. The Bertz CT molecular complexity index is 612. The number of nitrogens with one attached hydrogen (secondary N) is 1. The number of amides is 1. The molecule has 0 aliphatic carbocycles. The summed E-state index contributed by atoms with van der Waals surface area (Å²) in [5.74, 6) is 0.285. The second-order valence-corrected chi connectivity index (χ2v) is 4.65. The molecule has 0 spiro atoms. The van der Waals surface area contributed by atoms with E-state index in [1.54, 1.807) is 16.9 Å². The highest BCUT2D eigenvalue weighted by Crippen LogP contribution is 2.16. The third-order valence-corrected chi connectivity index (χ3v) is 3.02. The number of aromatic nitrogens is 2. The van der Waals surface area contributed by atoms with E-state index in [9.17, 15) is 13.6 Å². The summed E-state index contributed by atoms with van der Waals surface area (Å²) < 4.78 is 30.1. The summed E-state index contributed by atoms with van der Waals surface area (Å²) in [5.41, 5.74) is 0.352. The summed E-state index contributed by atoms with van der Waals surface area (Å²) in [6, 6.07) is 7.23. The molecular weight excluding hydrogens is 292 g/mol. The van der Waals surface area contributed by atoms with Crippen LogP contribution in [0.4, 0.5) is 14.6 Å². The lowest BCUT2D eigenvalue weighted by molar-refractivity contribution is -0.0498. The number of carbonyl (C=O) groups is 1. The van der Waals surface area contributed by atoms with Gasteiger partial charge >= 0.3 is 6.61 Å². The second kappa shape index (κ2) is 7.53. The first kappa shape index (κ1) is 15.9. The van der Waals surface area contributed by atoms with E-state index in [-0.39, 0.29) is 11.7 Å². The molecule has 7 heteroatoms. The molecule has 1 N–H and O–H groups in total. The maximum atomic E-state index is 12.1. The van der Waals surface area contributed by atoms with Gasteiger partial charge in [-0.1, -0.05) is 13.3 Å². The summed E-state index contributed by atoms with van der Waals surface area (Å²) in [5, 5.41) is 6.89. The Hall–Kier alpha value is -2.44.